The van der Waals surface area contributed by atoms with Gasteiger partial charge in [-0.1, -0.05) is 45.2 Å². The van der Waals surface area contributed by atoms with E-state index in [9.17, 15) is 4.79 Å². The lowest BCUT2D eigenvalue weighted by Crippen LogP contribution is -2.01. The van der Waals surface area contributed by atoms with Gasteiger partial charge in [-0.3, -0.25) is 14.8 Å². The quantitative estimate of drug-likeness (QED) is 0.301. The second-order valence-electron chi connectivity index (χ2n) is 5.49. The molecule has 134 valence electrons. The van der Waals surface area contributed by atoms with Gasteiger partial charge in [0.25, 0.3) is 0 Å². The molecule has 4 heteroatoms. The summed E-state index contributed by atoms with van der Waals surface area (Å²) in [6, 6.07) is 3.52. The van der Waals surface area contributed by atoms with Crippen LogP contribution in [-0.4, -0.2) is 29.9 Å². The zero-order valence-corrected chi connectivity index (χ0v) is 16.0. The fourth-order valence-electron chi connectivity index (χ4n) is 1.83. The molecule has 1 rings (SSSR count). The summed E-state index contributed by atoms with van der Waals surface area (Å²) in [5.74, 6) is 0.620. The van der Waals surface area contributed by atoms with Crippen molar-refractivity contribution in [3.63, 3.8) is 0 Å². The number of ketones is 1. The van der Waals surface area contributed by atoms with Gasteiger partial charge in [0.2, 0.25) is 0 Å². The maximum absolute atomic E-state index is 11.0. The summed E-state index contributed by atoms with van der Waals surface area (Å²) in [6.45, 7) is 15.1. The fourth-order valence-corrected chi connectivity index (χ4v) is 1.83. The average molecular weight is 339 g/mol. The first-order chi connectivity index (χ1) is 11.9. The van der Waals surface area contributed by atoms with Crippen molar-refractivity contribution in [1.29, 1.82) is 0 Å². The molecule has 1 unspecified atom stereocenters. The number of nitrogens with zero attached hydrogens (tertiary/aromatic N) is 3. The van der Waals surface area contributed by atoms with Crippen molar-refractivity contribution >= 4 is 17.8 Å². The number of Topliss-reactive ketones (excluding diaryl/α,β-unsaturated/α-hetero) is 1. The molecular weight excluding hydrogens is 310 g/mol. The summed E-state index contributed by atoms with van der Waals surface area (Å²) in [5.41, 5.74) is 3.41. The number of aromatic nitrogens is 1. The largest absolute Gasteiger partial charge is 0.294 e. The van der Waals surface area contributed by atoms with E-state index in [1.807, 2.05) is 25.2 Å². The Morgan fingerprint density at radius 3 is 2.40 bits per heavy atom. The van der Waals surface area contributed by atoms with E-state index < -0.39 is 0 Å². The minimum Gasteiger partial charge on any atom is -0.294 e. The first kappa shape index (κ1) is 22.4. The molecule has 0 aromatic carbocycles. The van der Waals surface area contributed by atoms with Crippen molar-refractivity contribution in [1.82, 2.24) is 4.98 Å². The van der Waals surface area contributed by atoms with Gasteiger partial charge in [0.15, 0.2) is 5.78 Å². The standard InChI is InChI=1S/C11H13N3O.C10H16/c1-8(14-7-12-3)11-5-4-10(6-13-11)9(2)15;1-5-8-10(7-3)9(4)6-2/h4-7H,1-3H3;5,7-9H,1,3,6H2,2,4H3/b;10-8+. The lowest BCUT2D eigenvalue weighted by molar-refractivity contribution is 0.101. The van der Waals surface area contributed by atoms with Crippen LogP contribution in [0.25, 0.3) is 0 Å². The number of carbonyl (C=O) groups excluding carboxylic acids is 1. The Morgan fingerprint density at radius 1 is 1.32 bits per heavy atom. The molecule has 0 amide bonds. The third kappa shape index (κ3) is 8.70. The van der Waals surface area contributed by atoms with Gasteiger partial charge in [0, 0.05) is 18.8 Å². The topological polar surface area (TPSA) is 54.7 Å². The number of rotatable bonds is 7. The molecule has 1 aromatic heterocycles. The van der Waals surface area contributed by atoms with Crippen molar-refractivity contribution in [2.45, 2.75) is 34.1 Å². The second-order valence-corrected chi connectivity index (χ2v) is 5.49. The molecule has 0 aliphatic carbocycles. The van der Waals surface area contributed by atoms with E-state index in [1.165, 1.54) is 18.8 Å². The lowest BCUT2D eigenvalue weighted by atomic mass is 9.98. The van der Waals surface area contributed by atoms with Crippen LogP contribution in [0.2, 0.25) is 0 Å². The molecular formula is C21H29N3O. The summed E-state index contributed by atoms with van der Waals surface area (Å²) in [6.07, 6.45) is 9.90. The van der Waals surface area contributed by atoms with Crippen LogP contribution >= 0.6 is 0 Å². The third-order valence-corrected chi connectivity index (χ3v) is 3.63. The minimum absolute atomic E-state index is 0.0127. The van der Waals surface area contributed by atoms with Crippen molar-refractivity contribution in [3.8, 4) is 0 Å². The van der Waals surface area contributed by atoms with Crippen LogP contribution in [0.3, 0.4) is 0 Å². The highest BCUT2D eigenvalue weighted by Crippen LogP contribution is 2.14. The number of carbonyl (C=O) groups is 1. The molecule has 25 heavy (non-hydrogen) atoms. The Bertz CT molecular complexity index is 652. The van der Waals surface area contributed by atoms with Crippen LogP contribution in [-0.2, 0) is 0 Å². The summed E-state index contributed by atoms with van der Waals surface area (Å²) in [4.78, 5) is 23.0. The molecule has 0 saturated heterocycles. The summed E-state index contributed by atoms with van der Waals surface area (Å²) in [7, 11) is 1.66. The Labute approximate surface area is 151 Å². The SMILES string of the molecule is C=C/C=C(\C=C)C(C)CC.CN=CN=C(C)c1ccc(C(C)=O)cn1. The maximum atomic E-state index is 11.0. The molecule has 0 N–H and O–H groups in total. The molecule has 0 spiro atoms. The fraction of sp³-hybridized carbons (Fsp3) is 0.333. The highest BCUT2D eigenvalue weighted by atomic mass is 16.1. The van der Waals surface area contributed by atoms with E-state index in [4.69, 9.17) is 0 Å². The Kier molecular flexibility index (Phi) is 11.4. The molecule has 0 aliphatic heterocycles. The van der Waals surface area contributed by atoms with Crippen LogP contribution < -0.4 is 0 Å². The van der Waals surface area contributed by atoms with E-state index in [2.05, 4.69) is 42.0 Å². The number of hydrogen-bond acceptors (Lipinski definition) is 3. The van der Waals surface area contributed by atoms with Gasteiger partial charge in [-0.15, -0.1) is 0 Å². The average Bonchev–Trinajstić information content (AvgIpc) is 2.64. The number of aliphatic imine (C=N–C) groups is 2. The molecule has 0 fully saturated rings. The van der Waals surface area contributed by atoms with Crippen LogP contribution in [0.5, 0.6) is 0 Å². The molecule has 4 nitrogen and oxygen atoms in total. The first-order valence-electron chi connectivity index (χ1n) is 8.28. The summed E-state index contributed by atoms with van der Waals surface area (Å²) >= 11 is 0. The predicted molar refractivity (Wildman–Crippen MR) is 109 cm³/mol. The van der Waals surface area contributed by atoms with E-state index in [0.29, 0.717) is 11.5 Å². The van der Waals surface area contributed by atoms with Crippen LogP contribution in [0, 0.1) is 5.92 Å². The van der Waals surface area contributed by atoms with E-state index in [0.717, 1.165) is 17.8 Å². The van der Waals surface area contributed by atoms with Crippen LogP contribution in [0.4, 0.5) is 0 Å². The molecule has 0 radical (unpaired) electrons. The third-order valence-electron chi connectivity index (χ3n) is 3.63. The van der Waals surface area contributed by atoms with Gasteiger partial charge < -0.3 is 0 Å². The van der Waals surface area contributed by atoms with E-state index in [1.54, 1.807) is 25.4 Å². The van der Waals surface area contributed by atoms with Gasteiger partial charge in [-0.05, 0) is 43.9 Å². The molecule has 1 atom stereocenters. The smallest absolute Gasteiger partial charge is 0.161 e. The molecule has 0 saturated carbocycles. The number of hydrogen-bond donors (Lipinski definition) is 0. The predicted octanol–water partition coefficient (Wildman–Crippen LogP) is 5.08. The van der Waals surface area contributed by atoms with Crippen molar-refractivity contribution < 1.29 is 4.79 Å². The van der Waals surface area contributed by atoms with Crippen LogP contribution in [0.15, 0.2) is 65.3 Å². The maximum Gasteiger partial charge on any atom is 0.161 e. The number of pyridine rings is 1. The lowest BCUT2D eigenvalue weighted by Gasteiger charge is -2.07. The summed E-state index contributed by atoms with van der Waals surface area (Å²) < 4.78 is 0. The van der Waals surface area contributed by atoms with Gasteiger partial charge in [0.1, 0.15) is 6.34 Å². The van der Waals surface area contributed by atoms with Gasteiger partial charge in [-0.25, -0.2) is 4.99 Å². The Balaban J connectivity index is 0.000000504. The van der Waals surface area contributed by atoms with Crippen molar-refractivity contribution in [2.75, 3.05) is 7.05 Å². The van der Waals surface area contributed by atoms with Crippen molar-refractivity contribution in [3.05, 3.63) is 66.5 Å². The molecule has 1 aromatic rings. The Morgan fingerprint density at radius 2 is 2.00 bits per heavy atom. The zero-order chi connectivity index (χ0) is 19.2. The molecule has 1 heterocycles. The normalized spacial score (nSPS) is 13.0. The second kappa shape index (κ2) is 12.8. The summed E-state index contributed by atoms with van der Waals surface area (Å²) in [5, 5.41) is 0. The van der Waals surface area contributed by atoms with E-state index >= 15 is 0 Å². The van der Waals surface area contributed by atoms with Gasteiger partial charge in [-0.2, -0.15) is 0 Å². The van der Waals surface area contributed by atoms with E-state index in [-0.39, 0.29) is 5.78 Å². The minimum atomic E-state index is 0.0127. The zero-order valence-electron chi connectivity index (χ0n) is 16.0. The highest BCUT2D eigenvalue weighted by Gasteiger charge is 2.02. The van der Waals surface area contributed by atoms with Gasteiger partial charge >= 0.3 is 0 Å². The number of allylic oxidation sites excluding steroid dienone is 4. The monoisotopic (exact) mass is 339 g/mol. The molecule has 0 bridgehead atoms. The Hall–Kier alpha value is -2.62. The molecule has 0 aliphatic rings. The highest BCUT2D eigenvalue weighted by molar-refractivity contribution is 6.01. The van der Waals surface area contributed by atoms with Gasteiger partial charge in [0.05, 0.1) is 11.4 Å². The first-order valence-corrected chi connectivity index (χ1v) is 8.28. The van der Waals surface area contributed by atoms with Crippen LogP contribution in [0.1, 0.15) is 50.2 Å². The van der Waals surface area contributed by atoms with Crippen molar-refractivity contribution in [2.24, 2.45) is 15.9 Å².